The molecule has 1 aliphatic heterocycles. The first kappa shape index (κ1) is 21.0. The van der Waals surface area contributed by atoms with Crippen LogP contribution in [0, 0.1) is 5.82 Å². The molecule has 2 aromatic heterocycles. The number of ether oxygens (including phenoxy) is 1. The molecule has 0 aliphatic carbocycles. The Morgan fingerprint density at radius 2 is 2.13 bits per heavy atom. The van der Waals surface area contributed by atoms with Gasteiger partial charge in [0.25, 0.3) is 5.91 Å². The van der Waals surface area contributed by atoms with Crippen molar-refractivity contribution in [2.24, 2.45) is 11.5 Å². The van der Waals surface area contributed by atoms with Crippen molar-refractivity contribution >= 4 is 29.3 Å². The van der Waals surface area contributed by atoms with Crippen molar-refractivity contribution in [3.8, 4) is 5.88 Å². The number of hydrogen-bond acceptors (Lipinski definition) is 8. The number of primary amides is 1. The molecule has 3 heterocycles. The molecular weight excluding hydrogens is 397 g/mol. The third kappa shape index (κ3) is 4.66. The van der Waals surface area contributed by atoms with Crippen LogP contribution in [-0.4, -0.2) is 64.3 Å². The molecule has 2 amide bonds. The van der Waals surface area contributed by atoms with Crippen molar-refractivity contribution in [1.82, 2.24) is 14.9 Å². The zero-order chi connectivity index (χ0) is 21.8. The van der Waals surface area contributed by atoms with Crippen LogP contribution in [0.5, 0.6) is 5.88 Å². The highest BCUT2D eigenvalue weighted by Crippen LogP contribution is 2.26. The molecule has 0 radical (unpaired) electrons. The lowest BCUT2D eigenvalue weighted by Crippen LogP contribution is -2.55. The third-order valence-corrected chi connectivity index (χ3v) is 4.70. The molecule has 0 bridgehead atoms. The van der Waals surface area contributed by atoms with Crippen molar-refractivity contribution in [3.05, 3.63) is 35.8 Å². The molecule has 0 spiro atoms. The molecule has 1 fully saturated rings. The number of amides is 2. The number of pyridine rings is 2. The summed E-state index contributed by atoms with van der Waals surface area (Å²) >= 11 is 0. The fourth-order valence-corrected chi connectivity index (χ4v) is 3.12. The van der Waals surface area contributed by atoms with Gasteiger partial charge in [-0.15, -0.1) is 0 Å². The Balaban J connectivity index is 1.86. The summed E-state index contributed by atoms with van der Waals surface area (Å²) in [5.74, 6) is -1.40. The Kier molecular flexibility index (Phi) is 6.16. The summed E-state index contributed by atoms with van der Waals surface area (Å²) < 4.78 is 19.7. The molecular formula is C18H22FN7O4. The summed E-state index contributed by atoms with van der Waals surface area (Å²) in [5, 5.41) is 14.9. The average molecular weight is 419 g/mol. The lowest BCUT2D eigenvalue weighted by molar-refractivity contribution is 0.1000. The van der Waals surface area contributed by atoms with Gasteiger partial charge in [0.15, 0.2) is 11.6 Å². The second-order valence-corrected chi connectivity index (χ2v) is 6.72. The second-order valence-electron chi connectivity index (χ2n) is 6.72. The van der Waals surface area contributed by atoms with Crippen LogP contribution in [0.1, 0.15) is 16.8 Å². The number of nitrogens with zero attached hydrogens (tertiary/aromatic N) is 3. The zero-order valence-electron chi connectivity index (χ0n) is 16.1. The predicted octanol–water partition coefficient (Wildman–Crippen LogP) is 0.958. The van der Waals surface area contributed by atoms with Gasteiger partial charge in [-0.2, -0.15) is 0 Å². The fourth-order valence-electron chi connectivity index (χ4n) is 3.12. The minimum Gasteiger partial charge on any atom is -0.481 e. The number of halogens is 1. The van der Waals surface area contributed by atoms with E-state index in [0.717, 1.165) is 6.07 Å². The van der Waals surface area contributed by atoms with E-state index in [2.05, 4.69) is 20.6 Å². The van der Waals surface area contributed by atoms with Gasteiger partial charge in [-0.3, -0.25) is 4.79 Å². The largest absolute Gasteiger partial charge is 0.481 e. The van der Waals surface area contributed by atoms with E-state index in [1.165, 1.54) is 18.2 Å². The smallest absolute Gasteiger partial charge is 0.407 e. The number of carboxylic acid groups (broad SMARTS) is 1. The third-order valence-electron chi connectivity index (χ3n) is 4.70. The number of nitrogens with one attached hydrogen (secondary N) is 2. The number of anilines is 3. The highest BCUT2D eigenvalue weighted by molar-refractivity contribution is 5.98. The standard InChI is InChI=1S/C18H22FN7O4/c1-30-14-6-9(2-4-22-14)23-16-10(15(21)27)7-11(19)17(25-16)24-13-3-5-26(18(28)29)8-12(13)20/h2,4,6-7,12-13H,3,5,8,20H2,1H3,(H2,21,27)(H,28,29)(H2,22,23,24,25). The van der Waals surface area contributed by atoms with Gasteiger partial charge in [0.05, 0.1) is 12.7 Å². The monoisotopic (exact) mass is 419 g/mol. The molecule has 1 aliphatic rings. The summed E-state index contributed by atoms with van der Waals surface area (Å²) in [6.07, 6.45) is 0.803. The highest BCUT2D eigenvalue weighted by Gasteiger charge is 2.30. The second kappa shape index (κ2) is 8.78. The Morgan fingerprint density at radius 1 is 1.37 bits per heavy atom. The Hall–Kier alpha value is -3.67. The van der Waals surface area contributed by atoms with Gasteiger partial charge in [0.2, 0.25) is 5.88 Å². The van der Waals surface area contributed by atoms with Crippen molar-refractivity contribution in [3.63, 3.8) is 0 Å². The predicted molar refractivity (Wildman–Crippen MR) is 106 cm³/mol. The van der Waals surface area contributed by atoms with Crippen LogP contribution in [-0.2, 0) is 0 Å². The molecule has 0 saturated carbocycles. The molecule has 30 heavy (non-hydrogen) atoms. The number of carbonyl (C=O) groups is 2. The lowest BCUT2D eigenvalue weighted by Gasteiger charge is -2.35. The molecule has 3 rings (SSSR count). The van der Waals surface area contributed by atoms with E-state index in [9.17, 15) is 14.0 Å². The molecule has 1 saturated heterocycles. The van der Waals surface area contributed by atoms with Gasteiger partial charge in [0.1, 0.15) is 5.82 Å². The quantitative estimate of drug-likeness (QED) is 0.458. The van der Waals surface area contributed by atoms with Crippen molar-refractivity contribution in [2.75, 3.05) is 30.8 Å². The first-order valence-electron chi connectivity index (χ1n) is 9.06. The number of nitrogens with two attached hydrogens (primary N) is 2. The number of aromatic nitrogens is 2. The molecule has 160 valence electrons. The normalized spacial score (nSPS) is 18.6. The van der Waals surface area contributed by atoms with Crippen LogP contribution in [0.4, 0.5) is 26.5 Å². The van der Waals surface area contributed by atoms with E-state index in [1.807, 2.05) is 0 Å². The molecule has 2 unspecified atom stereocenters. The average Bonchev–Trinajstić information content (AvgIpc) is 2.71. The molecule has 11 nitrogen and oxygen atoms in total. The first-order chi connectivity index (χ1) is 14.3. The Labute approximate surface area is 171 Å². The van der Waals surface area contributed by atoms with Crippen molar-refractivity contribution in [2.45, 2.75) is 18.5 Å². The number of rotatable bonds is 6. The van der Waals surface area contributed by atoms with Gasteiger partial charge in [0, 0.05) is 43.1 Å². The summed E-state index contributed by atoms with van der Waals surface area (Å²) in [6.45, 7) is 0.361. The van der Waals surface area contributed by atoms with E-state index in [0.29, 0.717) is 18.0 Å². The van der Waals surface area contributed by atoms with Crippen LogP contribution in [0.25, 0.3) is 0 Å². The maximum Gasteiger partial charge on any atom is 0.407 e. The van der Waals surface area contributed by atoms with Crippen LogP contribution < -0.4 is 26.8 Å². The summed E-state index contributed by atoms with van der Waals surface area (Å²) in [6, 6.07) is 3.20. The van der Waals surface area contributed by atoms with Crippen LogP contribution in [0.2, 0.25) is 0 Å². The van der Waals surface area contributed by atoms with E-state index < -0.39 is 29.9 Å². The summed E-state index contributed by atoms with van der Waals surface area (Å²) in [7, 11) is 1.46. The van der Waals surface area contributed by atoms with Crippen LogP contribution in [0.3, 0.4) is 0 Å². The maximum absolute atomic E-state index is 14.6. The SMILES string of the molecule is COc1cc(Nc2nc(NC3CCN(C(=O)O)CC3N)c(F)cc2C(N)=O)ccn1. The molecule has 7 N–H and O–H groups in total. The van der Waals surface area contributed by atoms with Gasteiger partial charge in [-0.1, -0.05) is 0 Å². The molecule has 12 heteroatoms. The van der Waals surface area contributed by atoms with Crippen molar-refractivity contribution in [1.29, 1.82) is 0 Å². The minimum atomic E-state index is -1.06. The minimum absolute atomic E-state index is 0.0381. The van der Waals surface area contributed by atoms with E-state index in [1.54, 1.807) is 12.1 Å². The van der Waals surface area contributed by atoms with Gasteiger partial charge in [-0.05, 0) is 18.6 Å². The Bertz CT molecular complexity index is 958. The molecule has 2 atom stereocenters. The van der Waals surface area contributed by atoms with Crippen molar-refractivity contribution < 1.29 is 23.8 Å². The molecule has 0 aromatic carbocycles. The van der Waals surface area contributed by atoms with E-state index >= 15 is 0 Å². The number of piperidine rings is 1. The summed E-state index contributed by atoms with van der Waals surface area (Å²) in [5.41, 5.74) is 11.8. The number of hydrogen-bond donors (Lipinski definition) is 5. The number of methoxy groups -OCH3 is 1. The number of likely N-dealkylation sites (tertiary alicyclic amines) is 1. The first-order valence-corrected chi connectivity index (χ1v) is 9.06. The zero-order valence-corrected chi connectivity index (χ0v) is 16.1. The fraction of sp³-hybridized carbons (Fsp3) is 0.333. The highest BCUT2D eigenvalue weighted by atomic mass is 19.1. The van der Waals surface area contributed by atoms with Gasteiger partial charge >= 0.3 is 6.09 Å². The summed E-state index contributed by atoms with van der Waals surface area (Å²) in [4.78, 5) is 32.2. The lowest BCUT2D eigenvalue weighted by atomic mass is 10.0. The van der Waals surface area contributed by atoms with E-state index in [4.69, 9.17) is 21.3 Å². The topological polar surface area (TPSA) is 169 Å². The van der Waals surface area contributed by atoms with E-state index in [-0.39, 0.29) is 30.3 Å². The van der Waals surface area contributed by atoms with Crippen LogP contribution >= 0.6 is 0 Å². The maximum atomic E-state index is 14.6. The van der Waals surface area contributed by atoms with Crippen LogP contribution in [0.15, 0.2) is 24.4 Å². The van der Waals surface area contributed by atoms with Gasteiger partial charge < -0.3 is 36.8 Å². The number of carbonyl (C=O) groups excluding carboxylic acids is 1. The molecule has 2 aromatic rings. The van der Waals surface area contributed by atoms with Gasteiger partial charge in [-0.25, -0.2) is 19.2 Å². The Morgan fingerprint density at radius 3 is 2.77 bits per heavy atom.